The summed E-state index contributed by atoms with van der Waals surface area (Å²) < 4.78 is 15.5. The average Bonchev–Trinajstić information content (AvgIpc) is 3.60. The number of hydrogen-bond donors (Lipinski definition) is 0. The molecular weight excluding hydrogens is 939 g/mol. The van der Waals surface area contributed by atoms with E-state index in [1.165, 1.54) is 0 Å². The maximum Gasteiger partial charge on any atom is 2.00 e. The van der Waals surface area contributed by atoms with Crippen LogP contribution in [0.3, 0.4) is 0 Å². The fraction of sp³-hybridized carbons (Fsp3) is 0.0385. The molecule has 4 heterocycles. The summed E-state index contributed by atoms with van der Waals surface area (Å²) in [6.45, 7) is 4.17. The van der Waals surface area contributed by atoms with E-state index in [-0.39, 0.29) is 40.8 Å². The summed E-state index contributed by atoms with van der Waals surface area (Å²) in [5, 5.41) is 1.86. The number of nitrogens with zero attached hydrogens (tertiary/aromatic N) is 5. The Morgan fingerprint density at radius 3 is 1.30 bits per heavy atom. The summed E-state index contributed by atoms with van der Waals surface area (Å²) >= 11 is 0. The largest absolute Gasteiger partial charge is 2.00 e. The maximum atomic E-state index is 6.78. The van der Waals surface area contributed by atoms with Gasteiger partial charge < -0.3 is 24.0 Å². The number of ether oxygens (including phenoxy) is 2. The Labute approximate surface area is 381 Å². The average molecular weight is 973 g/mol. The predicted molar refractivity (Wildman–Crippen MR) is 232 cm³/mol. The molecular formula is C52H33N5O2Pd2. The third-order valence-electron chi connectivity index (χ3n) is 10.2. The smallest absolute Gasteiger partial charge is 0.502 e. The molecule has 0 radical (unpaired) electrons. The second kappa shape index (κ2) is 18.0. The van der Waals surface area contributed by atoms with Gasteiger partial charge in [-0.15, -0.1) is 58.7 Å². The summed E-state index contributed by atoms with van der Waals surface area (Å²) in [5.41, 5.74) is 10.7. The van der Waals surface area contributed by atoms with Gasteiger partial charge in [0, 0.05) is 47.8 Å². The van der Waals surface area contributed by atoms with Gasteiger partial charge in [-0.25, -0.2) is 9.97 Å². The van der Waals surface area contributed by atoms with Gasteiger partial charge in [-0.05, 0) is 29.6 Å². The van der Waals surface area contributed by atoms with Crippen molar-refractivity contribution in [3.63, 3.8) is 0 Å². The molecule has 4 aromatic heterocycles. The first-order chi connectivity index (χ1) is 29.1. The number of pyridine rings is 2. The van der Waals surface area contributed by atoms with Crippen molar-refractivity contribution in [2.24, 2.45) is 0 Å². The zero-order valence-electron chi connectivity index (χ0n) is 32.8. The summed E-state index contributed by atoms with van der Waals surface area (Å²) in [6.07, 6.45) is 7.01. The molecule has 298 valence electrons. The van der Waals surface area contributed by atoms with Crippen LogP contribution in [0.15, 0.2) is 164 Å². The van der Waals surface area contributed by atoms with E-state index in [9.17, 15) is 0 Å². The molecule has 0 unspecified atom stereocenters. The van der Waals surface area contributed by atoms with Crippen LogP contribution in [0.5, 0.6) is 23.0 Å². The fourth-order valence-corrected chi connectivity index (χ4v) is 7.55. The molecule has 10 rings (SSSR count). The third kappa shape index (κ3) is 8.18. The van der Waals surface area contributed by atoms with Gasteiger partial charge in [-0.2, -0.15) is 22.9 Å². The predicted octanol–water partition coefficient (Wildman–Crippen LogP) is 12.4. The van der Waals surface area contributed by atoms with Gasteiger partial charge in [0.05, 0.1) is 0 Å². The van der Waals surface area contributed by atoms with Crippen molar-refractivity contribution in [1.82, 2.24) is 24.5 Å². The number of hydrogen-bond acceptors (Lipinski definition) is 6. The van der Waals surface area contributed by atoms with Gasteiger partial charge in [-0.3, -0.25) is 0 Å². The molecule has 0 atom stereocenters. The molecule has 0 N–H and O–H groups in total. The Morgan fingerprint density at radius 2 is 0.869 bits per heavy atom. The van der Waals surface area contributed by atoms with Crippen LogP contribution in [-0.2, 0) is 40.8 Å². The topological polar surface area (TPSA) is 75.0 Å². The quantitative estimate of drug-likeness (QED) is 0.106. The SMILES string of the molecule is Cc1cc(-c2ccccn2)[c-]c(Oc2[c-]c3c(cc2)c2ccc(Oc4[c-]c(-c5ccccn5)cc(C)c4-c4ccccc4)[c-]c2n3-c2ncccn2)c1-c1ccccc1.[Pd+2].[Pd+2]. The van der Waals surface area contributed by atoms with Crippen LogP contribution in [-0.4, -0.2) is 24.5 Å². The molecule has 7 nitrogen and oxygen atoms in total. The molecule has 0 aliphatic carbocycles. The van der Waals surface area contributed by atoms with E-state index in [1.54, 1.807) is 30.9 Å². The second-order valence-corrected chi connectivity index (χ2v) is 14.1. The van der Waals surface area contributed by atoms with E-state index in [1.807, 2.05) is 102 Å². The molecule has 0 fully saturated rings. The fourth-order valence-electron chi connectivity index (χ4n) is 7.55. The molecule has 0 spiro atoms. The first-order valence-corrected chi connectivity index (χ1v) is 19.2. The Kier molecular flexibility index (Phi) is 12.1. The van der Waals surface area contributed by atoms with Crippen molar-refractivity contribution in [1.29, 1.82) is 0 Å². The molecule has 0 bridgehead atoms. The van der Waals surface area contributed by atoms with Gasteiger partial charge in [0.1, 0.15) is 0 Å². The van der Waals surface area contributed by atoms with Crippen LogP contribution in [0.4, 0.5) is 0 Å². The van der Waals surface area contributed by atoms with Gasteiger partial charge in [0.2, 0.25) is 5.95 Å². The molecule has 0 saturated carbocycles. The first-order valence-electron chi connectivity index (χ1n) is 19.2. The molecule has 9 heteroatoms. The van der Waals surface area contributed by atoms with Gasteiger partial charge in [0.15, 0.2) is 0 Å². The van der Waals surface area contributed by atoms with Crippen molar-refractivity contribution < 1.29 is 50.3 Å². The van der Waals surface area contributed by atoms with Crippen molar-refractivity contribution in [3.8, 4) is 73.7 Å². The van der Waals surface area contributed by atoms with Crippen LogP contribution >= 0.6 is 0 Å². The van der Waals surface area contributed by atoms with Crippen LogP contribution in [0.1, 0.15) is 11.1 Å². The number of aromatic nitrogens is 5. The Morgan fingerprint density at radius 1 is 0.443 bits per heavy atom. The van der Waals surface area contributed by atoms with Crippen molar-refractivity contribution in [2.75, 3.05) is 0 Å². The molecule has 0 aliphatic heterocycles. The Bertz CT molecular complexity index is 2920. The summed E-state index contributed by atoms with van der Waals surface area (Å²) in [4.78, 5) is 18.5. The zero-order valence-corrected chi connectivity index (χ0v) is 35.9. The Hall–Kier alpha value is -6.58. The normalized spacial score (nSPS) is 10.9. The van der Waals surface area contributed by atoms with Crippen LogP contribution in [0.2, 0.25) is 0 Å². The first kappa shape index (κ1) is 41.2. The van der Waals surface area contributed by atoms with E-state index in [0.717, 1.165) is 77.7 Å². The monoisotopic (exact) mass is 971 g/mol. The van der Waals surface area contributed by atoms with E-state index in [4.69, 9.17) is 9.47 Å². The van der Waals surface area contributed by atoms with Gasteiger partial charge in [-0.1, -0.05) is 144 Å². The van der Waals surface area contributed by atoms with E-state index in [0.29, 0.717) is 28.9 Å². The molecule has 10 aromatic rings. The third-order valence-corrected chi connectivity index (χ3v) is 10.2. The van der Waals surface area contributed by atoms with Gasteiger partial charge >= 0.3 is 40.8 Å². The number of benzene rings is 6. The summed E-state index contributed by atoms with van der Waals surface area (Å²) in [6, 6.07) is 60.3. The zero-order chi connectivity index (χ0) is 39.7. The van der Waals surface area contributed by atoms with Crippen molar-refractivity contribution in [2.45, 2.75) is 13.8 Å². The minimum Gasteiger partial charge on any atom is -0.502 e. The summed E-state index contributed by atoms with van der Waals surface area (Å²) in [5.74, 6) is 2.61. The minimum absolute atomic E-state index is 0. The Balaban J connectivity index is 0.00000257. The number of fused-ring (bicyclic) bond motifs is 3. The molecule has 0 amide bonds. The maximum absolute atomic E-state index is 6.78. The number of rotatable bonds is 9. The van der Waals surface area contributed by atoms with Crippen molar-refractivity contribution in [3.05, 3.63) is 200 Å². The van der Waals surface area contributed by atoms with Crippen LogP contribution in [0.25, 0.3) is 72.5 Å². The van der Waals surface area contributed by atoms with Gasteiger partial charge in [0.25, 0.3) is 0 Å². The van der Waals surface area contributed by atoms with Crippen LogP contribution in [0, 0.1) is 38.1 Å². The standard InChI is InChI=1S/C52H33N5O2.2Pd/c1-34-28-38(44-18-9-11-24-53-44)30-48(50(34)36-14-5-3-6-15-36)58-40-20-22-42-43-23-21-41(33-47(43)57(46(42)32-40)52-55-26-13-27-56-52)59-49-31-39(45-19-10-12-25-54-45)29-35(2)51(49)37-16-7-4-8-17-37;;/h3-29H,1-2H3;;/q-4;2*+2. The van der Waals surface area contributed by atoms with E-state index >= 15 is 0 Å². The second-order valence-electron chi connectivity index (χ2n) is 14.1. The molecule has 0 aliphatic rings. The molecule has 61 heavy (non-hydrogen) atoms. The van der Waals surface area contributed by atoms with Crippen LogP contribution < -0.4 is 9.47 Å². The van der Waals surface area contributed by atoms with E-state index in [2.05, 4.69) is 94.4 Å². The number of aryl methyl sites for hydroxylation is 2. The minimum atomic E-state index is 0. The van der Waals surface area contributed by atoms with E-state index < -0.39 is 0 Å². The summed E-state index contributed by atoms with van der Waals surface area (Å²) in [7, 11) is 0. The molecule has 0 saturated heterocycles. The van der Waals surface area contributed by atoms with Crippen molar-refractivity contribution >= 4 is 21.8 Å². The molecule has 6 aromatic carbocycles.